The van der Waals surface area contributed by atoms with Gasteiger partial charge in [-0.05, 0) is 24.0 Å². The topological polar surface area (TPSA) is 64.8 Å². The first-order valence-electron chi connectivity index (χ1n) is 7.16. The summed E-state index contributed by atoms with van der Waals surface area (Å²) in [6, 6.07) is 5.47. The number of para-hydroxylation sites is 1. The lowest BCUT2D eigenvalue weighted by molar-refractivity contribution is 0.0529. The highest BCUT2D eigenvalue weighted by atomic mass is 16.5. The molecule has 0 radical (unpaired) electrons. The number of methoxy groups -OCH3 is 2. The molecule has 2 rings (SSSR count). The molecule has 1 heterocycles. The van der Waals surface area contributed by atoms with Crippen molar-refractivity contribution in [3.8, 4) is 11.5 Å². The zero-order valence-corrected chi connectivity index (χ0v) is 13.2. The smallest absolute Gasteiger partial charge is 0.257 e. The number of ether oxygens (including phenoxy) is 2. The Labute approximate surface area is 126 Å². The molecule has 0 spiro atoms. The number of hydrogen-bond donors (Lipinski definition) is 1. The first-order chi connectivity index (χ1) is 9.90. The van der Waals surface area contributed by atoms with E-state index in [2.05, 4.69) is 13.8 Å². The predicted octanol–water partition coefficient (Wildman–Crippen LogP) is 1.90. The van der Waals surface area contributed by atoms with E-state index in [1.54, 1.807) is 32.4 Å². The van der Waals surface area contributed by atoms with Crippen molar-refractivity contribution in [2.45, 2.75) is 26.3 Å². The summed E-state index contributed by atoms with van der Waals surface area (Å²) in [6.07, 6.45) is 0.811. The fraction of sp³-hybridized carbons (Fsp3) is 0.562. The van der Waals surface area contributed by atoms with Gasteiger partial charge in [-0.3, -0.25) is 4.79 Å². The molecule has 1 aliphatic rings. The minimum atomic E-state index is -0.0833. The van der Waals surface area contributed by atoms with Crippen molar-refractivity contribution < 1.29 is 14.3 Å². The molecule has 2 N–H and O–H groups in total. The molecule has 5 nitrogen and oxygen atoms in total. The fourth-order valence-corrected chi connectivity index (χ4v) is 2.77. The van der Waals surface area contributed by atoms with Gasteiger partial charge in [0.2, 0.25) is 0 Å². The molecule has 0 aromatic heterocycles. The Morgan fingerprint density at radius 3 is 2.62 bits per heavy atom. The lowest BCUT2D eigenvalue weighted by atomic mass is 9.79. The monoisotopic (exact) mass is 292 g/mol. The molecule has 21 heavy (non-hydrogen) atoms. The molecule has 1 unspecified atom stereocenters. The molecule has 1 aliphatic heterocycles. The molecule has 116 valence electrons. The van der Waals surface area contributed by atoms with Crippen LogP contribution in [0.1, 0.15) is 30.6 Å². The number of nitrogens with zero attached hydrogens (tertiary/aromatic N) is 1. The second kappa shape index (κ2) is 5.93. The maximum Gasteiger partial charge on any atom is 0.257 e. The number of nitrogens with two attached hydrogens (primary N) is 1. The highest BCUT2D eigenvalue weighted by Gasteiger charge is 2.36. The summed E-state index contributed by atoms with van der Waals surface area (Å²) >= 11 is 0. The molecule has 1 aromatic rings. The van der Waals surface area contributed by atoms with Crippen molar-refractivity contribution >= 4 is 5.91 Å². The standard InChI is InChI=1S/C16H24N2O3/c1-16(2)10-18(9-8-13(16)17)15(19)11-6-5-7-12(20-3)14(11)21-4/h5-7,13H,8-10,17H2,1-4H3. The fourth-order valence-electron chi connectivity index (χ4n) is 2.77. The van der Waals surface area contributed by atoms with E-state index in [-0.39, 0.29) is 17.4 Å². The number of benzene rings is 1. The second-order valence-electron chi connectivity index (χ2n) is 6.15. The van der Waals surface area contributed by atoms with Crippen molar-refractivity contribution in [3.05, 3.63) is 23.8 Å². The van der Waals surface area contributed by atoms with E-state index in [0.29, 0.717) is 30.2 Å². The minimum absolute atomic E-state index is 0.0364. The Balaban J connectivity index is 2.29. The second-order valence-corrected chi connectivity index (χ2v) is 6.15. The van der Waals surface area contributed by atoms with Crippen LogP contribution >= 0.6 is 0 Å². The first kappa shape index (κ1) is 15.6. The number of carbonyl (C=O) groups is 1. The van der Waals surface area contributed by atoms with Crippen LogP contribution in [0.25, 0.3) is 0 Å². The van der Waals surface area contributed by atoms with Gasteiger partial charge in [0.15, 0.2) is 11.5 Å². The van der Waals surface area contributed by atoms with Crippen LogP contribution in [0.2, 0.25) is 0 Å². The van der Waals surface area contributed by atoms with Gasteiger partial charge in [-0.25, -0.2) is 0 Å². The Hall–Kier alpha value is -1.75. The van der Waals surface area contributed by atoms with Crippen LogP contribution in [0.15, 0.2) is 18.2 Å². The van der Waals surface area contributed by atoms with E-state index in [4.69, 9.17) is 15.2 Å². The van der Waals surface area contributed by atoms with Crippen LogP contribution in [0.3, 0.4) is 0 Å². The van der Waals surface area contributed by atoms with Crippen molar-refractivity contribution in [3.63, 3.8) is 0 Å². The van der Waals surface area contributed by atoms with E-state index in [1.807, 2.05) is 4.90 Å². The third kappa shape index (κ3) is 2.97. The molecule has 0 aliphatic carbocycles. The van der Waals surface area contributed by atoms with E-state index < -0.39 is 0 Å². The van der Waals surface area contributed by atoms with Crippen molar-refractivity contribution in [1.29, 1.82) is 0 Å². The van der Waals surface area contributed by atoms with Gasteiger partial charge in [-0.2, -0.15) is 0 Å². The summed E-state index contributed by atoms with van der Waals surface area (Å²) < 4.78 is 10.6. The summed E-state index contributed by atoms with van der Waals surface area (Å²) in [7, 11) is 3.11. The molecule has 1 saturated heterocycles. The first-order valence-corrected chi connectivity index (χ1v) is 7.16. The van der Waals surface area contributed by atoms with Gasteiger partial charge in [-0.15, -0.1) is 0 Å². The zero-order chi connectivity index (χ0) is 15.6. The maximum absolute atomic E-state index is 12.8. The molecule has 1 amide bonds. The third-order valence-corrected chi connectivity index (χ3v) is 4.23. The Bertz CT molecular complexity index is 528. The van der Waals surface area contributed by atoms with Gasteiger partial charge in [0, 0.05) is 19.1 Å². The molecular weight excluding hydrogens is 268 g/mol. The van der Waals surface area contributed by atoms with Crippen LogP contribution in [0.4, 0.5) is 0 Å². The summed E-state index contributed by atoms with van der Waals surface area (Å²) in [5, 5.41) is 0. The van der Waals surface area contributed by atoms with Gasteiger partial charge in [-0.1, -0.05) is 19.9 Å². The number of rotatable bonds is 3. The van der Waals surface area contributed by atoms with Crippen LogP contribution in [-0.2, 0) is 0 Å². The SMILES string of the molecule is COc1cccc(C(=O)N2CCC(N)C(C)(C)C2)c1OC. The average Bonchev–Trinajstić information content (AvgIpc) is 2.48. The Morgan fingerprint density at radius 2 is 2.05 bits per heavy atom. The van der Waals surface area contributed by atoms with Crippen LogP contribution < -0.4 is 15.2 Å². The number of amides is 1. The van der Waals surface area contributed by atoms with Gasteiger partial charge >= 0.3 is 0 Å². The summed E-state index contributed by atoms with van der Waals surface area (Å²) in [5.41, 5.74) is 6.58. The largest absolute Gasteiger partial charge is 0.493 e. The highest BCUT2D eigenvalue weighted by molar-refractivity contribution is 5.98. The quantitative estimate of drug-likeness (QED) is 0.924. The molecule has 1 atom stereocenters. The van der Waals surface area contributed by atoms with Crippen LogP contribution in [0, 0.1) is 5.41 Å². The minimum Gasteiger partial charge on any atom is -0.493 e. The van der Waals surface area contributed by atoms with Gasteiger partial charge in [0.1, 0.15) is 0 Å². The molecular formula is C16H24N2O3. The lowest BCUT2D eigenvalue weighted by Gasteiger charge is -2.42. The Kier molecular flexibility index (Phi) is 4.42. The van der Waals surface area contributed by atoms with Gasteiger partial charge in [0.05, 0.1) is 19.8 Å². The summed E-state index contributed by atoms with van der Waals surface area (Å²) in [4.78, 5) is 14.6. The molecule has 1 aromatic carbocycles. The molecule has 0 bridgehead atoms. The van der Waals surface area contributed by atoms with E-state index in [1.165, 1.54) is 0 Å². The average molecular weight is 292 g/mol. The van der Waals surface area contributed by atoms with Crippen LogP contribution in [-0.4, -0.2) is 44.2 Å². The van der Waals surface area contributed by atoms with E-state index >= 15 is 0 Å². The summed E-state index contributed by atoms with van der Waals surface area (Å²) in [5.74, 6) is 1.01. The van der Waals surface area contributed by atoms with Crippen molar-refractivity contribution in [2.75, 3.05) is 27.3 Å². The van der Waals surface area contributed by atoms with Crippen molar-refractivity contribution in [1.82, 2.24) is 4.90 Å². The molecule has 0 saturated carbocycles. The normalized spacial score (nSPS) is 21.0. The zero-order valence-electron chi connectivity index (χ0n) is 13.2. The number of likely N-dealkylation sites (tertiary alicyclic amines) is 1. The lowest BCUT2D eigenvalue weighted by Crippen LogP contribution is -2.54. The van der Waals surface area contributed by atoms with Crippen molar-refractivity contribution in [2.24, 2.45) is 11.1 Å². The number of piperidine rings is 1. The van der Waals surface area contributed by atoms with Gasteiger partial charge in [0.25, 0.3) is 5.91 Å². The molecule has 5 heteroatoms. The summed E-state index contributed by atoms with van der Waals surface area (Å²) in [6.45, 7) is 5.51. The molecule has 1 fully saturated rings. The van der Waals surface area contributed by atoms with Gasteiger partial charge < -0.3 is 20.1 Å². The van der Waals surface area contributed by atoms with Crippen LogP contribution in [0.5, 0.6) is 11.5 Å². The third-order valence-electron chi connectivity index (χ3n) is 4.23. The maximum atomic E-state index is 12.8. The predicted molar refractivity (Wildman–Crippen MR) is 81.8 cm³/mol. The van der Waals surface area contributed by atoms with E-state index in [0.717, 1.165) is 6.42 Å². The Morgan fingerprint density at radius 1 is 1.33 bits per heavy atom. The number of carbonyl (C=O) groups excluding carboxylic acids is 1. The van der Waals surface area contributed by atoms with E-state index in [9.17, 15) is 4.79 Å². The highest BCUT2D eigenvalue weighted by Crippen LogP contribution is 2.34. The number of hydrogen-bond acceptors (Lipinski definition) is 4.